The van der Waals surface area contributed by atoms with Crippen molar-refractivity contribution in [2.24, 2.45) is 0 Å². The van der Waals surface area contributed by atoms with E-state index >= 15 is 0 Å². The molecule has 0 spiro atoms. The molecule has 0 saturated heterocycles. The first-order chi connectivity index (χ1) is 10.6. The number of hydrogen-bond donors (Lipinski definition) is 1. The highest BCUT2D eigenvalue weighted by atomic mass is 32.1. The van der Waals surface area contributed by atoms with Crippen LogP contribution >= 0.6 is 11.3 Å². The number of amides is 1. The third kappa shape index (κ3) is 2.69. The summed E-state index contributed by atoms with van der Waals surface area (Å²) in [6.07, 6.45) is 1.89. The Morgan fingerprint density at radius 1 is 1.32 bits per heavy atom. The molecule has 6 heteroatoms. The summed E-state index contributed by atoms with van der Waals surface area (Å²) in [4.78, 5) is 17.6. The fraction of sp³-hybridized carbons (Fsp3) is 0.250. The monoisotopic (exact) mass is 315 g/mol. The predicted molar refractivity (Wildman–Crippen MR) is 87.7 cm³/mol. The molecule has 5 nitrogen and oxygen atoms in total. The molecule has 1 N–H and O–H groups in total. The lowest BCUT2D eigenvalue weighted by atomic mass is 10.2. The molecule has 0 aliphatic rings. The standard InChI is InChI=1S/C16H17N3O2S/c1-10(2)17-15(20)14-9-22-16-18-13(8-19(14)16)11-4-6-12(21-3)7-5-11/h4-10H,1-3H3,(H,17,20). The van der Waals surface area contributed by atoms with E-state index in [2.05, 4.69) is 10.3 Å². The minimum atomic E-state index is -0.0834. The molecular formula is C16H17N3O2S. The molecule has 1 aromatic carbocycles. The lowest BCUT2D eigenvalue weighted by molar-refractivity contribution is 0.0937. The van der Waals surface area contributed by atoms with Gasteiger partial charge in [-0.15, -0.1) is 11.3 Å². The van der Waals surface area contributed by atoms with Crippen molar-refractivity contribution in [3.05, 3.63) is 41.5 Å². The molecule has 0 fully saturated rings. The number of carbonyl (C=O) groups excluding carboxylic acids is 1. The molecule has 22 heavy (non-hydrogen) atoms. The average Bonchev–Trinajstić information content (AvgIpc) is 3.06. The number of nitrogens with one attached hydrogen (secondary N) is 1. The minimum absolute atomic E-state index is 0.0834. The van der Waals surface area contributed by atoms with Crippen LogP contribution < -0.4 is 10.1 Å². The van der Waals surface area contributed by atoms with Gasteiger partial charge >= 0.3 is 0 Å². The van der Waals surface area contributed by atoms with Crippen LogP contribution in [-0.4, -0.2) is 28.4 Å². The lowest BCUT2D eigenvalue weighted by Crippen LogP contribution is -2.30. The van der Waals surface area contributed by atoms with Crippen molar-refractivity contribution in [3.8, 4) is 17.0 Å². The summed E-state index contributed by atoms with van der Waals surface area (Å²) >= 11 is 1.46. The van der Waals surface area contributed by atoms with Gasteiger partial charge in [0.2, 0.25) is 0 Å². The molecule has 3 aromatic rings. The van der Waals surface area contributed by atoms with Gasteiger partial charge in [0, 0.05) is 23.2 Å². The van der Waals surface area contributed by atoms with E-state index in [-0.39, 0.29) is 11.9 Å². The molecular weight excluding hydrogens is 298 g/mol. The number of ether oxygens (including phenoxy) is 1. The van der Waals surface area contributed by atoms with Crippen LogP contribution in [0, 0.1) is 0 Å². The number of fused-ring (bicyclic) bond motifs is 1. The van der Waals surface area contributed by atoms with Crippen molar-refractivity contribution in [2.75, 3.05) is 7.11 Å². The van der Waals surface area contributed by atoms with E-state index in [0.29, 0.717) is 5.69 Å². The van der Waals surface area contributed by atoms with Crippen LogP contribution in [0.4, 0.5) is 0 Å². The van der Waals surface area contributed by atoms with E-state index in [0.717, 1.165) is 22.0 Å². The van der Waals surface area contributed by atoms with Crippen LogP contribution in [0.15, 0.2) is 35.8 Å². The van der Waals surface area contributed by atoms with Crippen LogP contribution in [0.2, 0.25) is 0 Å². The van der Waals surface area contributed by atoms with Crippen LogP contribution in [0.1, 0.15) is 24.3 Å². The molecule has 114 valence electrons. The van der Waals surface area contributed by atoms with E-state index < -0.39 is 0 Å². The quantitative estimate of drug-likeness (QED) is 0.804. The summed E-state index contributed by atoms with van der Waals surface area (Å²) in [5.74, 6) is 0.724. The number of carbonyl (C=O) groups is 1. The summed E-state index contributed by atoms with van der Waals surface area (Å²) in [7, 11) is 1.64. The highest BCUT2D eigenvalue weighted by Gasteiger charge is 2.15. The van der Waals surface area contributed by atoms with Crippen LogP contribution in [0.5, 0.6) is 5.75 Å². The lowest BCUT2D eigenvalue weighted by Gasteiger charge is -2.06. The summed E-state index contributed by atoms with van der Waals surface area (Å²) in [6, 6.07) is 7.81. The number of hydrogen-bond acceptors (Lipinski definition) is 4. The van der Waals surface area contributed by atoms with Crippen LogP contribution in [-0.2, 0) is 0 Å². The fourth-order valence-corrected chi connectivity index (χ4v) is 3.04. The number of imidazole rings is 1. The van der Waals surface area contributed by atoms with Gasteiger partial charge in [0.25, 0.3) is 5.91 Å². The SMILES string of the molecule is COc1ccc(-c2cn3c(C(=O)NC(C)C)csc3n2)cc1. The number of benzene rings is 1. The Kier molecular flexibility index (Phi) is 3.85. The molecule has 0 unspecified atom stereocenters. The normalized spacial score (nSPS) is 11.1. The van der Waals surface area contributed by atoms with Gasteiger partial charge in [-0.05, 0) is 38.1 Å². The van der Waals surface area contributed by atoms with Gasteiger partial charge in [-0.2, -0.15) is 0 Å². The molecule has 0 bridgehead atoms. The van der Waals surface area contributed by atoms with E-state index in [9.17, 15) is 4.79 Å². The maximum absolute atomic E-state index is 12.2. The number of aromatic nitrogens is 2. The smallest absolute Gasteiger partial charge is 0.269 e. The number of thiazole rings is 1. The number of nitrogens with zero attached hydrogens (tertiary/aromatic N) is 2. The molecule has 0 aliphatic heterocycles. The van der Waals surface area contributed by atoms with Gasteiger partial charge in [-0.1, -0.05) is 0 Å². The summed E-state index contributed by atoms with van der Waals surface area (Å²) in [5.41, 5.74) is 2.45. The number of methoxy groups -OCH3 is 1. The van der Waals surface area contributed by atoms with Crippen molar-refractivity contribution >= 4 is 22.2 Å². The summed E-state index contributed by atoms with van der Waals surface area (Å²) < 4.78 is 7.00. The third-order valence-corrected chi connectivity index (χ3v) is 4.09. The maximum Gasteiger partial charge on any atom is 0.269 e. The maximum atomic E-state index is 12.2. The Morgan fingerprint density at radius 2 is 2.05 bits per heavy atom. The van der Waals surface area contributed by atoms with Crippen molar-refractivity contribution in [3.63, 3.8) is 0 Å². The van der Waals surface area contributed by atoms with Gasteiger partial charge in [-0.3, -0.25) is 9.20 Å². The predicted octanol–water partition coefficient (Wildman–Crippen LogP) is 3.21. The van der Waals surface area contributed by atoms with E-state index in [4.69, 9.17) is 4.74 Å². The second-order valence-electron chi connectivity index (χ2n) is 5.26. The Labute approximate surface area is 132 Å². The topological polar surface area (TPSA) is 55.6 Å². The van der Waals surface area contributed by atoms with Crippen molar-refractivity contribution < 1.29 is 9.53 Å². The Morgan fingerprint density at radius 3 is 2.68 bits per heavy atom. The van der Waals surface area contributed by atoms with E-state index in [1.165, 1.54) is 11.3 Å². The first-order valence-corrected chi connectivity index (χ1v) is 7.88. The second kappa shape index (κ2) is 5.81. The largest absolute Gasteiger partial charge is 0.497 e. The zero-order chi connectivity index (χ0) is 15.7. The summed E-state index contributed by atoms with van der Waals surface area (Å²) in [5, 5.41) is 4.74. The van der Waals surface area contributed by atoms with Gasteiger partial charge in [0.05, 0.1) is 12.8 Å². The highest BCUT2D eigenvalue weighted by molar-refractivity contribution is 7.15. The van der Waals surface area contributed by atoms with Crippen LogP contribution in [0.3, 0.4) is 0 Å². The van der Waals surface area contributed by atoms with Crippen LogP contribution in [0.25, 0.3) is 16.2 Å². The molecule has 0 aliphatic carbocycles. The van der Waals surface area contributed by atoms with Gasteiger partial charge in [0.15, 0.2) is 4.96 Å². The van der Waals surface area contributed by atoms with Gasteiger partial charge in [0.1, 0.15) is 11.4 Å². The number of rotatable bonds is 4. The first-order valence-electron chi connectivity index (χ1n) is 7.00. The Hall–Kier alpha value is -2.34. The van der Waals surface area contributed by atoms with Crippen molar-refractivity contribution in [2.45, 2.75) is 19.9 Å². The zero-order valence-electron chi connectivity index (χ0n) is 12.7. The Bertz CT molecular complexity index is 803. The molecule has 3 rings (SSSR count). The highest BCUT2D eigenvalue weighted by Crippen LogP contribution is 2.25. The fourth-order valence-electron chi connectivity index (χ4n) is 2.18. The second-order valence-corrected chi connectivity index (χ2v) is 6.09. The molecule has 1 amide bonds. The molecule has 2 aromatic heterocycles. The van der Waals surface area contributed by atoms with E-state index in [1.54, 1.807) is 7.11 Å². The van der Waals surface area contributed by atoms with E-state index in [1.807, 2.05) is 54.1 Å². The molecule has 0 atom stereocenters. The first kappa shape index (κ1) is 14.6. The molecule has 0 radical (unpaired) electrons. The van der Waals surface area contributed by atoms with Crippen molar-refractivity contribution in [1.82, 2.24) is 14.7 Å². The zero-order valence-corrected chi connectivity index (χ0v) is 13.5. The molecule has 2 heterocycles. The van der Waals surface area contributed by atoms with Crippen molar-refractivity contribution in [1.29, 1.82) is 0 Å². The van der Waals surface area contributed by atoms with Gasteiger partial charge < -0.3 is 10.1 Å². The Balaban J connectivity index is 1.96. The minimum Gasteiger partial charge on any atom is -0.497 e. The third-order valence-electron chi connectivity index (χ3n) is 3.25. The summed E-state index contributed by atoms with van der Waals surface area (Å²) in [6.45, 7) is 3.89. The van der Waals surface area contributed by atoms with Gasteiger partial charge in [-0.25, -0.2) is 4.98 Å². The molecule has 0 saturated carbocycles. The average molecular weight is 315 g/mol.